The van der Waals surface area contributed by atoms with E-state index in [2.05, 4.69) is 11.8 Å². The summed E-state index contributed by atoms with van der Waals surface area (Å²) in [6.45, 7) is 5.43. The van der Waals surface area contributed by atoms with E-state index in [0.717, 1.165) is 38.0 Å². The van der Waals surface area contributed by atoms with Crippen molar-refractivity contribution in [3.63, 3.8) is 0 Å². The van der Waals surface area contributed by atoms with Gasteiger partial charge in [0.15, 0.2) is 5.78 Å². The minimum Gasteiger partial charge on any atom is -0.303 e. The summed E-state index contributed by atoms with van der Waals surface area (Å²) in [5, 5.41) is 0. The Morgan fingerprint density at radius 3 is 3.05 bits per heavy atom. The number of nitrogens with zero attached hydrogens (tertiary/aromatic N) is 1. The highest BCUT2D eigenvalue weighted by molar-refractivity contribution is 5.99. The molecular weight excluding hydrogens is 241 g/mol. The second-order valence-corrected chi connectivity index (χ2v) is 5.81. The van der Waals surface area contributed by atoms with Gasteiger partial charge in [-0.3, -0.25) is 4.79 Å². The summed E-state index contributed by atoms with van der Waals surface area (Å²) in [4.78, 5) is 14.6. The summed E-state index contributed by atoms with van der Waals surface area (Å²) in [5.74, 6) is 0.693. The molecular formula is C16H20FNO. The Morgan fingerprint density at radius 1 is 1.42 bits per heavy atom. The fourth-order valence-electron chi connectivity index (χ4n) is 3.63. The highest BCUT2D eigenvalue weighted by atomic mass is 19.1. The Bertz CT molecular complexity index is 500. The number of benzene rings is 1. The molecule has 0 radical (unpaired) electrons. The van der Waals surface area contributed by atoms with Crippen LogP contribution in [0.25, 0.3) is 0 Å². The zero-order chi connectivity index (χ0) is 13.4. The molecule has 1 saturated heterocycles. The highest BCUT2D eigenvalue weighted by Crippen LogP contribution is 2.41. The van der Waals surface area contributed by atoms with Gasteiger partial charge in [-0.1, -0.05) is 13.0 Å². The molecule has 1 heterocycles. The third-order valence-electron chi connectivity index (χ3n) is 4.54. The first-order chi connectivity index (χ1) is 9.19. The third-order valence-corrected chi connectivity index (χ3v) is 4.54. The second kappa shape index (κ2) is 5.04. The summed E-state index contributed by atoms with van der Waals surface area (Å²) >= 11 is 0. The summed E-state index contributed by atoms with van der Waals surface area (Å²) in [5.41, 5.74) is 1.70. The molecule has 2 aliphatic rings. The smallest absolute Gasteiger partial charge is 0.163 e. The average molecular weight is 261 g/mol. The van der Waals surface area contributed by atoms with Gasteiger partial charge in [0, 0.05) is 24.4 Å². The van der Waals surface area contributed by atoms with Crippen molar-refractivity contribution in [2.75, 3.05) is 19.6 Å². The van der Waals surface area contributed by atoms with Crippen molar-refractivity contribution in [2.24, 2.45) is 5.92 Å². The monoisotopic (exact) mass is 261 g/mol. The maximum Gasteiger partial charge on any atom is 0.163 e. The van der Waals surface area contributed by atoms with Crippen LogP contribution in [0.4, 0.5) is 4.39 Å². The van der Waals surface area contributed by atoms with E-state index in [1.54, 1.807) is 0 Å². The van der Waals surface area contributed by atoms with E-state index in [-0.39, 0.29) is 11.6 Å². The molecule has 3 heteroatoms. The molecule has 1 aromatic carbocycles. The number of piperidine rings is 1. The molecule has 0 bridgehead atoms. The molecule has 0 spiro atoms. The standard InChI is InChI=1S/C16H20FNO/c1-2-6-18-7-5-11-8-16(19)14-9-12(17)3-4-13(14)15(11)10-18/h3-4,9,11,15H,2,5-8,10H2,1H3/t11-,15-/m0/s1. The maximum atomic E-state index is 13.3. The van der Waals surface area contributed by atoms with Crippen molar-refractivity contribution in [2.45, 2.75) is 32.1 Å². The molecule has 102 valence electrons. The topological polar surface area (TPSA) is 20.3 Å². The molecule has 2 atom stereocenters. The van der Waals surface area contributed by atoms with Gasteiger partial charge in [-0.15, -0.1) is 0 Å². The van der Waals surface area contributed by atoms with E-state index < -0.39 is 0 Å². The molecule has 0 aromatic heterocycles. The lowest BCUT2D eigenvalue weighted by molar-refractivity contribution is 0.0867. The van der Waals surface area contributed by atoms with E-state index in [4.69, 9.17) is 0 Å². The Labute approximate surface area is 113 Å². The van der Waals surface area contributed by atoms with Crippen molar-refractivity contribution in [1.29, 1.82) is 0 Å². The number of hydrogen-bond donors (Lipinski definition) is 0. The number of rotatable bonds is 2. The van der Waals surface area contributed by atoms with Gasteiger partial charge in [0.1, 0.15) is 5.82 Å². The number of likely N-dealkylation sites (tertiary alicyclic amines) is 1. The van der Waals surface area contributed by atoms with Gasteiger partial charge < -0.3 is 4.90 Å². The molecule has 2 nitrogen and oxygen atoms in total. The molecule has 0 unspecified atom stereocenters. The zero-order valence-electron chi connectivity index (χ0n) is 11.4. The largest absolute Gasteiger partial charge is 0.303 e. The Kier molecular flexibility index (Phi) is 3.40. The SMILES string of the molecule is CCCN1CC[C@H]2CC(=O)c3cc(F)ccc3[C@H]2C1. The lowest BCUT2D eigenvalue weighted by Crippen LogP contribution is -2.42. The normalized spacial score (nSPS) is 26.9. The quantitative estimate of drug-likeness (QED) is 0.814. The van der Waals surface area contributed by atoms with Gasteiger partial charge in [-0.05, 0) is 49.5 Å². The van der Waals surface area contributed by atoms with Crippen LogP contribution in [0.3, 0.4) is 0 Å². The van der Waals surface area contributed by atoms with Gasteiger partial charge in [-0.25, -0.2) is 4.39 Å². The van der Waals surface area contributed by atoms with Crippen molar-refractivity contribution in [3.05, 3.63) is 35.1 Å². The lowest BCUT2D eigenvalue weighted by atomic mass is 9.71. The number of halogens is 1. The molecule has 0 saturated carbocycles. The molecule has 1 aliphatic heterocycles. The molecule has 3 rings (SSSR count). The fraction of sp³-hybridized carbons (Fsp3) is 0.562. The van der Waals surface area contributed by atoms with Gasteiger partial charge in [-0.2, -0.15) is 0 Å². The number of hydrogen-bond acceptors (Lipinski definition) is 2. The van der Waals surface area contributed by atoms with E-state index in [1.165, 1.54) is 12.1 Å². The van der Waals surface area contributed by atoms with E-state index in [1.807, 2.05) is 6.07 Å². The number of ketones is 1. The van der Waals surface area contributed by atoms with E-state index in [9.17, 15) is 9.18 Å². The Hall–Kier alpha value is -1.22. The van der Waals surface area contributed by atoms with Gasteiger partial charge in [0.2, 0.25) is 0 Å². The summed E-state index contributed by atoms with van der Waals surface area (Å²) in [7, 11) is 0. The first-order valence-corrected chi connectivity index (χ1v) is 7.24. The first-order valence-electron chi connectivity index (χ1n) is 7.24. The molecule has 19 heavy (non-hydrogen) atoms. The number of Topliss-reactive ketones (excluding diaryl/α,β-unsaturated/α-hetero) is 1. The van der Waals surface area contributed by atoms with Crippen LogP contribution in [-0.4, -0.2) is 30.3 Å². The first kappa shape index (κ1) is 12.8. The van der Waals surface area contributed by atoms with Crippen molar-refractivity contribution in [1.82, 2.24) is 4.90 Å². The van der Waals surface area contributed by atoms with Crippen LogP contribution in [-0.2, 0) is 0 Å². The van der Waals surface area contributed by atoms with Crippen LogP contribution >= 0.6 is 0 Å². The van der Waals surface area contributed by atoms with Crippen molar-refractivity contribution >= 4 is 5.78 Å². The van der Waals surface area contributed by atoms with Crippen LogP contribution in [0, 0.1) is 11.7 Å². The Morgan fingerprint density at radius 2 is 2.26 bits per heavy atom. The average Bonchev–Trinajstić information content (AvgIpc) is 2.40. The summed E-state index contributed by atoms with van der Waals surface area (Å²) < 4.78 is 13.3. The summed E-state index contributed by atoms with van der Waals surface area (Å²) in [6.07, 6.45) is 2.85. The summed E-state index contributed by atoms with van der Waals surface area (Å²) in [6, 6.07) is 4.74. The predicted molar refractivity (Wildman–Crippen MR) is 72.9 cm³/mol. The lowest BCUT2D eigenvalue weighted by Gasteiger charge is -2.41. The second-order valence-electron chi connectivity index (χ2n) is 5.81. The van der Waals surface area contributed by atoms with Gasteiger partial charge >= 0.3 is 0 Å². The van der Waals surface area contributed by atoms with Gasteiger partial charge in [0.05, 0.1) is 0 Å². The minimum absolute atomic E-state index is 0.125. The molecule has 0 amide bonds. The van der Waals surface area contributed by atoms with Crippen LogP contribution in [0.1, 0.15) is 48.0 Å². The number of fused-ring (bicyclic) bond motifs is 3. The zero-order valence-corrected chi connectivity index (χ0v) is 11.4. The van der Waals surface area contributed by atoms with E-state index in [0.29, 0.717) is 23.8 Å². The van der Waals surface area contributed by atoms with Crippen LogP contribution < -0.4 is 0 Å². The molecule has 1 aromatic rings. The van der Waals surface area contributed by atoms with Crippen molar-refractivity contribution < 1.29 is 9.18 Å². The maximum absolute atomic E-state index is 13.3. The van der Waals surface area contributed by atoms with Gasteiger partial charge in [0.25, 0.3) is 0 Å². The molecule has 1 aliphatic carbocycles. The van der Waals surface area contributed by atoms with Crippen LogP contribution in [0.15, 0.2) is 18.2 Å². The predicted octanol–water partition coefficient (Wildman–Crippen LogP) is 3.23. The number of carbonyl (C=O) groups excluding carboxylic acids is 1. The Balaban J connectivity index is 1.92. The van der Waals surface area contributed by atoms with E-state index >= 15 is 0 Å². The molecule has 0 N–H and O–H groups in total. The number of carbonyl (C=O) groups is 1. The minimum atomic E-state index is -0.299. The van der Waals surface area contributed by atoms with Crippen molar-refractivity contribution in [3.8, 4) is 0 Å². The third kappa shape index (κ3) is 2.32. The van der Waals surface area contributed by atoms with Crippen LogP contribution in [0.2, 0.25) is 0 Å². The molecule has 1 fully saturated rings. The fourth-order valence-corrected chi connectivity index (χ4v) is 3.63. The highest BCUT2D eigenvalue weighted by Gasteiger charge is 2.37. The van der Waals surface area contributed by atoms with Crippen LogP contribution in [0.5, 0.6) is 0 Å².